The van der Waals surface area contributed by atoms with Crippen molar-refractivity contribution in [1.29, 1.82) is 0 Å². The number of nitrogens with one attached hydrogen (secondary N) is 1. The van der Waals surface area contributed by atoms with Gasteiger partial charge in [0.25, 0.3) is 5.56 Å². The predicted octanol–water partition coefficient (Wildman–Crippen LogP) is 1.61. The molecule has 2 rings (SSSR count). The van der Waals surface area contributed by atoms with Gasteiger partial charge in [-0.05, 0) is 37.0 Å². The van der Waals surface area contributed by atoms with E-state index in [-0.39, 0.29) is 23.8 Å². The van der Waals surface area contributed by atoms with Crippen LogP contribution in [0.2, 0.25) is 0 Å². The zero-order valence-corrected chi connectivity index (χ0v) is 12.2. The van der Waals surface area contributed by atoms with Crippen molar-refractivity contribution in [1.82, 2.24) is 9.55 Å². The number of aryl methyl sites for hydroxylation is 2. The molecule has 0 saturated heterocycles. The maximum Gasteiger partial charge on any atom is 0.331 e. The summed E-state index contributed by atoms with van der Waals surface area (Å²) in [5.41, 5.74) is 0.510. The average molecular weight is 292 g/mol. The second-order valence-electron chi connectivity index (χ2n) is 5.04. The lowest BCUT2D eigenvalue weighted by atomic mass is 10.1. The molecule has 0 aliphatic carbocycles. The third-order valence-corrected chi connectivity index (χ3v) is 3.46. The predicted molar refractivity (Wildman–Crippen MR) is 77.3 cm³/mol. The first-order valence-corrected chi connectivity index (χ1v) is 6.65. The third kappa shape index (κ3) is 2.74. The lowest BCUT2D eigenvalue weighted by Gasteiger charge is -2.12. The van der Waals surface area contributed by atoms with Crippen LogP contribution in [0, 0.1) is 19.7 Å². The van der Waals surface area contributed by atoms with Crippen molar-refractivity contribution in [2.45, 2.75) is 33.7 Å². The molecule has 0 spiro atoms. The standard InChI is InChI=1S/C15H17FN2O3/c1-4-11-13(19)17-15(21)18(14(11)20)7-10-5-8(2)12(16)9(3)6-10/h5-6,20H,4,7H2,1-3H3,(H,17,19,21). The Hall–Kier alpha value is -2.37. The third-order valence-electron chi connectivity index (χ3n) is 3.46. The molecule has 0 fully saturated rings. The second-order valence-corrected chi connectivity index (χ2v) is 5.04. The molecule has 6 heteroatoms. The fourth-order valence-electron chi connectivity index (χ4n) is 2.38. The molecule has 0 atom stereocenters. The summed E-state index contributed by atoms with van der Waals surface area (Å²) in [4.78, 5) is 25.6. The van der Waals surface area contributed by atoms with Gasteiger partial charge in [-0.3, -0.25) is 14.3 Å². The number of nitrogens with zero attached hydrogens (tertiary/aromatic N) is 1. The molecule has 2 N–H and O–H groups in total. The number of hydrogen-bond acceptors (Lipinski definition) is 3. The van der Waals surface area contributed by atoms with Crippen LogP contribution in [0.4, 0.5) is 4.39 Å². The van der Waals surface area contributed by atoms with Gasteiger partial charge in [-0.1, -0.05) is 19.1 Å². The van der Waals surface area contributed by atoms with Crippen LogP contribution in [-0.4, -0.2) is 14.7 Å². The Morgan fingerprint density at radius 3 is 2.33 bits per heavy atom. The summed E-state index contributed by atoms with van der Waals surface area (Å²) in [5.74, 6) is -0.628. The minimum absolute atomic E-state index is 0.0659. The van der Waals surface area contributed by atoms with Gasteiger partial charge < -0.3 is 5.11 Å². The minimum atomic E-state index is -0.686. The largest absolute Gasteiger partial charge is 0.494 e. The number of aromatic amines is 1. The molecule has 112 valence electrons. The molecule has 0 radical (unpaired) electrons. The highest BCUT2D eigenvalue weighted by Crippen LogP contribution is 2.17. The molecule has 21 heavy (non-hydrogen) atoms. The molecule has 1 aromatic carbocycles. The maximum absolute atomic E-state index is 13.6. The molecular weight excluding hydrogens is 275 g/mol. The quantitative estimate of drug-likeness (QED) is 0.902. The molecule has 0 bridgehead atoms. The fraction of sp³-hybridized carbons (Fsp3) is 0.333. The van der Waals surface area contributed by atoms with Gasteiger partial charge in [-0.15, -0.1) is 0 Å². The van der Waals surface area contributed by atoms with E-state index in [0.29, 0.717) is 23.1 Å². The Kier molecular flexibility index (Phi) is 3.97. The lowest BCUT2D eigenvalue weighted by Crippen LogP contribution is -2.32. The second kappa shape index (κ2) is 5.55. The maximum atomic E-state index is 13.6. The first kappa shape index (κ1) is 15.0. The van der Waals surface area contributed by atoms with Crippen molar-refractivity contribution in [3.63, 3.8) is 0 Å². The first-order valence-electron chi connectivity index (χ1n) is 6.65. The molecule has 2 aromatic rings. The van der Waals surface area contributed by atoms with Gasteiger partial charge in [0.05, 0.1) is 12.1 Å². The van der Waals surface area contributed by atoms with E-state index in [1.54, 1.807) is 32.9 Å². The van der Waals surface area contributed by atoms with Crippen LogP contribution in [0.15, 0.2) is 21.7 Å². The zero-order valence-electron chi connectivity index (χ0n) is 12.2. The van der Waals surface area contributed by atoms with Crippen LogP contribution < -0.4 is 11.2 Å². The summed E-state index contributed by atoms with van der Waals surface area (Å²) in [7, 11) is 0. The lowest BCUT2D eigenvalue weighted by molar-refractivity contribution is 0.402. The zero-order chi connectivity index (χ0) is 15.7. The molecule has 0 saturated carbocycles. The normalized spacial score (nSPS) is 10.9. The first-order chi connectivity index (χ1) is 9.85. The van der Waals surface area contributed by atoms with Crippen molar-refractivity contribution in [2.24, 2.45) is 0 Å². The van der Waals surface area contributed by atoms with E-state index >= 15 is 0 Å². The molecular formula is C15H17FN2O3. The van der Waals surface area contributed by atoms with Crippen molar-refractivity contribution in [3.8, 4) is 5.88 Å². The Morgan fingerprint density at radius 1 is 1.24 bits per heavy atom. The summed E-state index contributed by atoms with van der Waals surface area (Å²) < 4.78 is 14.7. The SMILES string of the molecule is CCc1c(O)n(Cc2cc(C)c(F)c(C)c2)c(=O)[nH]c1=O. The highest BCUT2D eigenvalue weighted by Gasteiger charge is 2.13. The average Bonchev–Trinajstić information content (AvgIpc) is 2.41. The molecule has 0 aliphatic heterocycles. The van der Waals surface area contributed by atoms with Crippen molar-refractivity contribution >= 4 is 0 Å². The van der Waals surface area contributed by atoms with Gasteiger partial charge in [0, 0.05) is 0 Å². The van der Waals surface area contributed by atoms with E-state index in [4.69, 9.17) is 0 Å². The van der Waals surface area contributed by atoms with E-state index in [2.05, 4.69) is 4.98 Å². The van der Waals surface area contributed by atoms with Crippen molar-refractivity contribution in [2.75, 3.05) is 0 Å². The number of halogens is 1. The summed E-state index contributed by atoms with van der Waals surface area (Å²) in [6, 6.07) is 3.23. The molecule has 0 unspecified atom stereocenters. The highest BCUT2D eigenvalue weighted by atomic mass is 19.1. The minimum Gasteiger partial charge on any atom is -0.494 e. The van der Waals surface area contributed by atoms with Gasteiger partial charge in [0.2, 0.25) is 5.88 Å². The number of aromatic nitrogens is 2. The van der Waals surface area contributed by atoms with Crippen LogP contribution in [0.3, 0.4) is 0 Å². The van der Waals surface area contributed by atoms with E-state index < -0.39 is 11.2 Å². The summed E-state index contributed by atoms with van der Waals surface area (Å²) in [6.07, 6.45) is 0.308. The number of benzene rings is 1. The monoisotopic (exact) mass is 292 g/mol. The van der Waals surface area contributed by atoms with Crippen molar-refractivity contribution in [3.05, 3.63) is 61.0 Å². The number of aromatic hydroxyl groups is 1. The van der Waals surface area contributed by atoms with E-state index in [1.807, 2.05) is 0 Å². The van der Waals surface area contributed by atoms with Gasteiger partial charge in [0.1, 0.15) is 5.82 Å². The van der Waals surface area contributed by atoms with E-state index in [1.165, 1.54) is 0 Å². The van der Waals surface area contributed by atoms with Crippen molar-refractivity contribution < 1.29 is 9.50 Å². The number of H-pyrrole nitrogens is 1. The Balaban J connectivity index is 2.55. The van der Waals surface area contributed by atoms with Gasteiger partial charge in [0.15, 0.2) is 0 Å². The Labute approximate surface area is 120 Å². The van der Waals surface area contributed by atoms with Crippen LogP contribution >= 0.6 is 0 Å². The molecule has 5 nitrogen and oxygen atoms in total. The van der Waals surface area contributed by atoms with Gasteiger partial charge >= 0.3 is 5.69 Å². The topological polar surface area (TPSA) is 75.1 Å². The smallest absolute Gasteiger partial charge is 0.331 e. The van der Waals surface area contributed by atoms with Crippen LogP contribution in [0.5, 0.6) is 5.88 Å². The van der Waals surface area contributed by atoms with E-state index in [0.717, 1.165) is 4.57 Å². The summed E-state index contributed by atoms with van der Waals surface area (Å²) >= 11 is 0. The molecule has 1 aromatic heterocycles. The van der Waals surface area contributed by atoms with E-state index in [9.17, 15) is 19.1 Å². The molecule has 0 amide bonds. The number of rotatable bonds is 3. The van der Waals surface area contributed by atoms with Crippen LogP contribution in [-0.2, 0) is 13.0 Å². The summed E-state index contributed by atoms with van der Waals surface area (Å²) in [5, 5.41) is 10.1. The highest BCUT2D eigenvalue weighted by molar-refractivity contribution is 5.31. The fourth-order valence-corrected chi connectivity index (χ4v) is 2.38. The van der Waals surface area contributed by atoms with Gasteiger partial charge in [-0.2, -0.15) is 0 Å². The summed E-state index contributed by atoms with van der Waals surface area (Å²) in [6.45, 7) is 5.05. The molecule has 0 aliphatic rings. The van der Waals surface area contributed by atoms with Gasteiger partial charge in [-0.25, -0.2) is 9.18 Å². The van der Waals surface area contributed by atoms with Crippen LogP contribution in [0.1, 0.15) is 29.2 Å². The van der Waals surface area contributed by atoms with Crippen LogP contribution in [0.25, 0.3) is 0 Å². The molecule has 1 heterocycles. The Morgan fingerprint density at radius 2 is 1.81 bits per heavy atom. The Bertz CT molecular complexity index is 783. The number of hydrogen-bond donors (Lipinski definition) is 2.